The van der Waals surface area contributed by atoms with Crippen LogP contribution in [0, 0.1) is 13.8 Å². The monoisotopic (exact) mass is 443 g/mol. The van der Waals surface area contributed by atoms with Crippen molar-refractivity contribution >= 4 is 15.9 Å². The second kappa shape index (κ2) is 10.4. The molecule has 1 aliphatic heterocycles. The van der Waals surface area contributed by atoms with Crippen LogP contribution in [0.1, 0.15) is 36.0 Å². The summed E-state index contributed by atoms with van der Waals surface area (Å²) >= 11 is 0. The van der Waals surface area contributed by atoms with Crippen molar-refractivity contribution in [3.05, 3.63) is 65.2 Å². The minimum atomic E-state index is -3.72. The number of nitrogens with zero attached hydrogens (tertiary/aromatic N) is 2. The first-order valence-corrected chi connectivity index (χ1v) is 12.3. The Balaban J connectivity index is 1.81. The minimum Gasteiger partial charge on any atom is -0.340 e. The summed E-state index contributed by atoms with van der Waals surface area (Å²) in [6, 6.07) is 15.1. The van der Waals surface area contributed by atoms with E-state index in [1.54, 1.807) is 12.1 Å². The maximum absolute atomic E-state index is 13.5. The Bertz CT molecular complexity index is 986. The van der Waals surface area contributed by atoms with Crippen LogP contribution in [-0.4, -0.2) is 62.8 Å². The third-order valence-corrected chi connectivity index (χ3v) is 7.87. The summed E-state index contributed by atoms with van der Waals surface area (Å²) in [4.78, 5) is 14.8. The van der Waals surface area contributed by atoms with Gasteiger partial charge in [0.05, 0.1) is 4.90 Å². The minimum absolute atomic E-state index is 0.00847. The van der Waals surface area contributed by atoms with Crippen LogP contribution in [-0.2, 0) is 14.8 Å². The maximum atomic E-state index is 13.5. The maximum Gasteiger partial charge on any atom is 0.243 e. The highest BCUT2D eigenvalue weighted by atomic mass is 32.2. The quantitative estimate of drug-likeness (QED) is 0.681. The molecule has 1 amide bonds. The fraction of sp³-hybridized carbons (Fsp3) is 0.458. The molecule has 1 heterocycles. The zero-order valence-corrected chi connectivity index (χ0v) is 19.5. The van der Waals surface area contributed by atoms with E-state index in [0.29, 0.717) is 19.6 Å². The molecular weight excluding hydrogens is 410 g/mol. The van der Waals surface area contributed by atoms with E-state index >= 15 is 0 Å². The number of nitrogens with one attached hydrogen (secondary N) is 1. The number of benzene rings is 2. The molecule has 0 spiro atoms. The number of carbonyl (C=O) groups excluding carboxylic acids is 1. The molecule has 0 aliphatic carbocycles. The second-order valence-electron chi connectivity index (χ2n) is 8.30. The third-order valence-electron chi connectivity index (χ3n) is 6.01. The summed E-state index contributed by atoms with van der Waals surface area (Å²) in [5.41, 5.74) is 3.07. The molecule has 3 rings (SSSR count). The van der Waals surface area contributed by atoms with Crippen LogP contribution in [0.3, 0.4) is 0 Å². The van der Waals surface area contributed by atoms with Crippen molar-refractivity contribution in [3.8, 4) is 0 Å². The number of carbonyl (C=O) groups is 1. The standard InChI is InChI=1S/C24H33N3O3S/c1-19-9-10-23(17-20(19)2)31(29,30)27(18-21(3)22-7-5-4-6-8-22)14-11-24(28)26-15-12-25-13-16-26/h4-10,17,21,25H,11-16,18H2,1-3H3. The second-order valence-corrected chi connectivity index (χ2v) is 10.2. The molecule has 0 saturated carbocycles. The molecule has 2 aromatic rings. The van der Waals surface area contributed by atoms with E-state index in [0.717, 1.165) is 29.8 Å². The van der Waals surface area contributed by atoms with Crippen LogP contribution in [0.15, 0.2) is 53.4 Å². The number of hydrogen-bond acceptors (Lipinski definition) is 4. The molecule has 1 aliphatic rings. The molecule has 1 fully saturated rings. The Kier molecular flexibility index (Phi) is 7.86. The molecule has 0 aromatic heterocycles. The number of aryl methyl sites for hydroxylation is 2. The summed E-state index contributed by atoms with van der Waals surface area (Å²) < 4.78 is 28.6. The van der Waals surface area contributed by atoms with Crippen LogP contribution in [0.5, 0.6) is 0 Å². The van der Waals surface area contributed by atoms with Crippen molar-refractivity contribution in [3.63, 3.8) is 0 Å². The normalized spacial score (nSPS) is 15.8. The molecule has 1 unspecified atom stereocenters. The Labute approximate surface area is 186 Å². The molecule has 7 heteroatoms. The highest BCUT2D eigenvalue weighted by Gasteiger charge is 2.28. The van der Waals surface area contributed by atoms with Gasteiger partial charge < -0.3 is 10.2 Å². The zero-order valence-electron chi connectivity index (χ0n) is 18.7. The Morgan fingerprint density at radius 3 is 2.39 bits per heavy atom. The van der Waals surface area contributed by atoms with Crippen LogP contribution >= 0.6 is 0 Å². The molecule has 6 nitrogen and oxygen atoms in total. The first-order valence-electron chi connectivity index (χ1n) is 10.9. The van der Waals surface area contributed by atoms with Crippen LogP contribution in [0.4, 0.5) is 0 Å². The van der Waals surface area contributed by atoms with Gasteiger partial charge in [0.1, 0.15) is 0 Å². The van der Waals surface area contributed by atoms with E-state index in [1.165, 1.54) is 4.31 Å². The van der Waals surface area contributed by atoms with Crippen molar-refractivity contribution in [1.29, 1.82) is 0 Å². The topological polar surface area (TPSA) is 69.7 Å². The summed E-state index contributed by atoms with van der Waals surface area (Å²) in [6.45, 7) is 9.31. The van der Waals surface area contributed by atoms with Gasteiger partial charge in [-0.1, -0.05) is 43.3 Å². The molecule has 0 bridgehead atoms. The van der Waals surface area contributed by atoms with Gasteiger partial charge in [-0.05, 0) is 48.6 Å². The van der Waals surface area contributed by atoms with E-state index in [4.69, 9.17) is 0 Å². The van der Waals surface area contributed by atoms with Gasteiger partial charge in [-0.2, -0.15) is 4.31 Å². The van der Waals surface area contributed by atoms with E-state index < -0.39 is 10.0 Å². The van der Waals surface area contributed by atoms with Gasteiger partial charge in [0.25, 0.3) is 0 Å². The van der Waals surface area contributed by atoms with Crippen molar-refractivity contribution in [2.45, 2.75) is 38.0 Å². The first kappa shape index (κ1) is 23.4. The van der Waals surface area contributed by atoms with Gasteiger partial charge in [-0.25, -0.2) is 8.42 Å². The average Bonchev–Trinajstić information content (AvgIpc) is 2.79. The molecule has 2 aromatic carbocycles. The number of sulfonamides is 1. The van der Waals surface area contributed by atoms with Gasteiger partial charge in [0.2, 0.25) is 15.9 Å². The van der Waals surface area contributed by atoms with E-state index in [2.05, 4.69) is 5.32 Å². The lowest BCUT2D eigenvalue weighted by Crippen LogP contribution is -2.47. The van der Waals surface area contributed by atoms with Crippen LogP contribution in [0.25, 0.3) is 0 Å². The van der Waals surface area contributed by atoms with Crippen LogP contribution < -0.4 is 5.32 Å². The van der Waals surface area contributed by atoms with Crippen LogP contribution in [0.2, 0.25) is 0 Å². The molecular formula is C24H33N3O3S. The van der Waals surface area contributed by atoms with E-state index in [1.807, 2.05) is 62.1 Å². The number of amides is 1. The SMILES string of the molecule is Cc1ccc(S(=O)(=O)N(CCC(=O)N2CCNCC2)CC(C)c2ccccc2)cc1C. The number of rotatable bonds is 8. The van der Waals surface area contributed by atoms with E-state index in [-0.39, 0.29) is 29.7 Å². The molecule has 168 valence electrons. The Morgan fingerprint density at radius 2 is 1.74 bits per heavy atom. The van der Waals surface area contributed by atoms with Gasteiger partial charge in [0.15, 0.2) is 0 Å². The van der Waals surface area contributed by atoms with Gasteiger partial charge >= 0.3 is 0 Å². The molecule has 31 heavy (non-hydrogen) atoms. The molecule has 1 saturated heterocycles. The number of piperazine rings is 1. The van der Waals surface area contributed by atoms with Gasteiger partial charge in [-0.3, -0.25) is 4.79 Å². The third kappa shape index (κ3) is 5.93. The lowest BCUT2D eigenvalue weighted by molar-refractivity contribution is -0.131. The Morgan fingerprint density at radius 1 is 1.06 bits per heavy atom. The average molecular weight is 444 g/mol. The summed E-state index contributed by atoms with van der Waals surface area (Å²) in [5.74, 6) is 0.0194. The first-order chi connectivity index (χ1) is 14.8. The number of hydrogen-bond donors (Lipinski definition) is 1. The lowest BCUT2D eigenvalue weighted by Gasteiger charge is -2.29. The summed E-state index contributed by atoms with van der Waals surface area (Å²) in [6.07, 6.45) is 0.186. The fourth-order valence-electron chi connectivity index (χ4n) is 3.82. The van der Waals surface area contributed by atoms with Gasteiger partial charge in [0, 0.05) is 45.7 Å². The zero-order chi connectivity index (χ0) is 22.4. The highest BCUT2D eigenvalue weighted by Crippen LogP contribution is 2.24. The summed E-state index contributed by atoms with van der Waals surface area (Å²) in [7, 11) is -3.72. The molecule has 0 radical (unpaired) electrons. The van der Waals surface area contributed by atoms with E-state index in [9.17, 15) is 13.2 Å². The lowest BCUT2D eigenvalue weighted by atomic mass is 10.0. The van der Waals surface area contributed by atoms with Crippen molar-refractivity contribution in [2.24, 2.45) is 0 Å². The van der Waals surface area contributed by atoms with Crippen molar-refractivity contribution < 1.29 is 13.2 Å². The van der Waals surface area contributed by atoms with Crippen molar-refractivity contribution in [2.75, 3.05) is 39.3 Å². The summed E-state index contributed by atoms with van der Waals surface area (Å²) in [5, 5.41) is 3.23. The highest BCUT2D eigenvalue weighted by molar-refractivity contribution is 7.89. The van der Waals surface area contributed by atoms with Gasteiger partial charge in [-0.15, -0.1) is 0 Å². The fourth-order valence-corrected chi connectivity index (χ4v) is 5.43. The van der Waals surface area contributed by atoms with Crippen molar-refractivity contribution in [1.82, 2.24) is 14.5 Å². The smallest absolute Gasteiger partial charge is 0.243 e. The largest absolute Gasteiger partial charge is 0.340 e. The Hall–Kier alpha value is -2.22. The molecule has 1 atom stereocenters. The molecule has 1 N–H and O–H groups in total. The predicted octanol–water partition coefficient (Wildman–Crippen LogP) is 2.92. The predicted molar refractivity (Wildman–Crippen MR) is 124 cm³/mol.